The molecule has 0 spiro atoms. The van der Waals surface area contributed by atoms with Crippen LogP contribution in [0.2, 0.25) is 0 Å². The van der Waals surface area contributed by atoms with Gasteiger partial charge in [-0.3, -0.25) is 4.79 Å². The first-order valence-electron chi connectivity index (χ1n) is 7.12. The van der Waals surface area contributed by atoms with Crippen molar-refractivity contribution in [3.05, 3.63) is 47.1 Å². The van der Waals surface area contributed by atoms with Crippen LogP contribution in [0.15, 0.2) is 28.8 Å². The molecule has 0 bridgehead atoms. The minimum absolute atomic E-state index is 0.101. The molecule has 1 aromatic carbocycles. The van der Waals surface area contributed by atoms with E-state index in [0.717, 1.165) is 5.56 Å². The standard InChI is InChI=1S/C16H20N4O2/c1-11(17-2)10-14-19-15(22-20-14)9-6-12-4-7-13(8-5-12)16(21)18-3/h4-9,11,17H,10H2,1-3H3,(H,18,21)/b9-6+. The molecule has 1 atom stereocenters. The maximum atomic E-state index is 11.5. The molecule has 2 rings (SSSR count). The minimum Gasteiger partial charge on any atom is -0.355 e. The summed E-state index contributed by atoms with van der Waals surface area (Å²) in [5, 5.41) is 9.65. The average Bonchev–Trinajstić information content (AvgIpc) is 3.00. The van der Waals surface area contributed by atoms with Crippen LogP contribution in [-0.4, -0.2) is 36.2 Å². The van der Waals surface area contributed by atoms with Gasteiger partial charge in [-0.05, 0) is 37.7 Å². The first-order valence-corrected chi connectivity index (χ1v) is 7.12. The van der Waals surface area contributed by atoms with Crippen LogP contribution in [0.5, 0.6) is 0 Å². The summed E-state index contributed by atoms with van der Waals surface area (Å²) in [6.07, 6.45) is 4.34. The fourth-order valence-corrected chi connectivity index (χ4v) is 1.85. The number of rotatable bonds is 6. The Balaban J connectivity index is 2.01. The summed E-state index contributed by atoms with van der Waals surface area (Å²) in [6, 6.07) is 7.56. The van der Waals surface area contributed by atoms with Gasteiger partial charge in [-0.15, -0.1) is 0 Å². The number of carbonyl (C=O) groups excluding carboxylic acids is 1. The van der Waals surface area contributed by atoms with E-state index in [9.17, 15) is 4.79 Å². The summed E-state index contributed by atoms with van der Waals surface area (Å²) in [5.74, 6) is 1.04. The molecule has 116 valence electrons. The predicted molar refractivity (Wildman–Crippen MR) is 85.3 cm³/mol. The van der Waals surface area contributed by atoms with Crippen molar-refractivity contribution in [1.82, 2.24) is 20.8 Å². The fourth-order valence-electron chi connectivity index (χ4n) is 1.85. The molecular formula is C16H20N4O2. The zero-order chi connectivity index (χ0) is 15.9. The quantitative estimate of drug-likeness (QED) is 0.849. The summed E-state index contributed by atoms with van der Waals surface area (Å²) in [6.45, 7) is 2.06. The van der Waals surface area contributed by atoms with Gasteiger partial charge in [0.25, 0.3) is 11.8 Å². The second-order valence-corrected chi connectivity index (χ2v) is 4.98. The SMILES string of the molecule is CNC(=O)c1ccc(/C=C/c2nc(CC(C)NC)no2)cc1. The van der Waals surface area contributed by atoms with Crippen molar-refractivity contribution in [2.24, 2.45) is 0 Å². The highest BCUT2D eigenvalue weighted by Crippen LogP contribution is 2.09. The summed E-state index contributed by atoms with van der Waals surface area (Å²) in [5.41, 5.74) is 1.58. The van der Waals surface area contributed by atoms with E-state index in [1.165, 1.54) is 0 Å². The normalized spacial score (nSPS) is 12.5. The third-order valence-corrected chi connectivity index (χ3v) is 3.28. The van der Waals surface area contributed by atoms with Crippen LogP contribution in [0.1, 0.15) is 34.6 Å². The van der Waals surface area contributed by atoms with Crippen molar-refractivity contribution in [1.29, 1.82) is 0 Å². The van der Waals surface area contributed by atoms with E-state index in [2.05, 4.69) is 27.7 Å². The lowest BCUT2D eigenvalue weighted by molar-refractivity contribution is 0.0963. The van der Waals surface area contributed by atoms with Gasteiger partial charge in [-0.1, -0.05) is 17.3 Å². The van der Waals surface area contributed by atoms with E-state index in [1.54, 1.807) is 25.3 Å². The summed E-state index contributed by atoms with van der Waals surface area (Å²) < 4.78 is 5.17. The summed E-state index contributed by atoms with van der Waals surface area (Å²) in [7, 11) is 3.51. The van der Waals surface area contributed by atoms with Gasteiger partial charge in [0, 0.05) is 31.1 Å². The van der Waals surface area contributed by atoms with Gasteiger partial charge < -0.3 is 15.2 Å². The number of nitrogens with zero attached hydrogens (tertiary/aromatic N) is 2. The zero-order valence-corrected chi connectivity index (χ0v) is 13.0. The Morgan fingerprint density at radius 2 is 2.00 bits per heavy atom. The maximum Gasteiger partial charge on any atom is 0.251 e. The smallest absolute Gasteiger partial charge is 0.251 e. The van der Waals surface area contributed by atoms with Crippen LogP contribution in [-0.2, 0) is 6.42 Å². The Hall–Kier alpha value is -2.47. The Morgan fingerprint density at radius 1 is 1.27 bits per heavy atom. The van der Waals surface area contributed by atoms with Crippen LogP contribution in [0.3, 0.4) is 0 Å². The zero-order valence-electron chi connectivity index (χ0n) is 13.0. The largest absolute Gasteiger partial charge is 0.355 e. The van der Waals surface area contributed by atoms with Gasteiger partial charge in [-0.25, -0.2) is 0 Å². The van der Waals surface area contributed by atoms with Crippen LogP contribution in [0.4, 0.5) is 0 Å². The van der Waals surface area contributed by atoms with Gasteiger partial charge in [0.2, 0.25) is 0 Å². The number of nitrogens with one attached hydrogen (secondary N) is 2. The van der Waals surface area contributed by atoms with Crippen molar-refractivity contribution in [2.45, 2.75) is 19.4 Å². The number of benzene rings is 1. The van der Waals surface area contributed by atoms with Gasteiger partial charge in [-0.2, -0.15) is 4.98 Å². The number of amides is 1. The second-order valence-electron chi connectivity index (χ2n) is 4.98. The number of carbonyl (C=O) groups is 1. The highest BCUT2D eigenvalue weighted by atomic mass is 16.5. The molecule has 0 saturated carbocycles. The molecule has 1 amide bonds. The second kappa shape index (κ2) is 7.51. The molecule has 0 aliphatic carbocycles. The van der Waals surface area contributed by atoms with Crippen molar-refractivity contribution in [3.63, 3.8) is 0 Å². The average molecular weight is 300 g/mol. The molecule has 0 saturated heterocycles. The highest BCUT2D eigenvalue weighted by Gasteiger charge is 2.07. The van der Waals surface area contributed by atoms with E-state index in [1.807, 2.05) is 25.3 Å². The molecule has 0 fully saturated rings. The fraction of sp³-hybridized carbons (Fsp3) is 0.312. The third-order valence-electron chi connectivity index (χ3n) is 3.28. The Morgan fingerprint density at radius 3 is 2.64 bits per heavy atom. The molecule has 6 heteroatoms. The molecule has 0 aliphatic rings. The van der Waals surface area contributed by atoms with Crippen LogP contribution in [0, 0.1) is 0 Å². The highest BCUT2D eigenvalue weighted by molar-refractivity contribution is 5.94. The van der Waals surface area contributed by atoms with Crippen molar-refractivity contribution in [3.8, 4) is 0 Å². The number of hydrogen-bond acceptors (Lipinski definition) is 5. The molecule has 1 unspecified atom stereocenters. The monoisotopic (exact) mass is 300 g/mol. The molecule has 0 aliphatic heterocycles. The van der Waals surface area contributed by atoms with Crippen molar-refractivity contribution < 1.29 is 9.32 Å². The van der Waals surface area contributed by atoms with Gasteiger partial charge in [0.15, 0.2) is 5.82 Å². The Bertz CT molecular complexity index is 646. The first-order chi connectivity index (χ1) is 10.6. The van der Waals surface area contributed by atoms with E-state index in [4.69, 9.17) is 4.52 Å². The third kappa shape index (κ3) is 4.26. The first kappa shape index (κ1) is 15.9. The Labute approximate surface area is 129 Å². The number of likely N-dealkylation sites (N-methyl/N-ethyl adjacent to an activating group) is 1. The lowest BCUT2D eigenvalue weighted by Gasteiger charge is -2.04. The molecule has 1 heterocycles. The van der Waals surface area contributed by atoms with Gasteiger partial charge in [0.05, 0.1) is 0 Å². The van der Waals surface area contributed by atoms with E-state index in [0.29, 0.717) is 29.7 Å². The van der Waals surface area contributed by atoms with Gasteiger partial charge in [0.1, 0.15) is 0 Å². The summed E-state index contributed by atoms with van der Waals surface area (Å²) in [4.78, 5) is 15.8. The molecule has 1 aromatic heterocycles. The molecule has 2 N–H and O–H groups in total. The van der Waals surface area contributed by atoms with Crippen LogP contribution in [0.25, 0.3) is 12.2 Å². The van der Waals surface area contributed by atoms with Crippen molar-refractivity contribution >= 4 is 18.1 Å². The predicted octanol–water partition coefficient (Wildman–Crippen LogP) is 1.75. The molecule has 6 nitrogen and oxygen atoms in total. The van der Waals surface area contributed by atoms with Crippen molar-refractivity contribution in [2.75, 3.05) is 14.1 Å². The lowest BCUT2D eigenvalue weighted by atomic mass is 10.1. The maximum absolute atomic E-state index is 11.5. The topological polar surface area (TPSA) is 80.0 Å². The molecule has 22 heavy (non-hydrogen) atoms. The van der Waals surface area contributed by atoms with Crippen LogP contribution >= 0.6 is 0 Å². The molecular weight excluding hydrogens is 280 g/mol. The number of aromatic nitrogens is 2. The minimum atomic E-state index is -0.101. The van der Waals surface area contributed by atoms with Crippen LogP contribution < -0.4 is 10.6 Å². The molecule has 2 aromatic rings. The van der Waals surface area contributed by atoms with E-state index >= 15 is 0 Å². The molecule has 0 radical (unpaired) electrons. The van der Waals surface area contributed by atoms with E-state index < -0.39 is 0 Å². The van der Waals surface area contributed by atoms with E-state index in [-0.39, 0.29) is 5.91 Å². The lowest BCUT2D eigenvalue weighted by Crippen LogP contribution is -2.24. The number of hydrogen-bond donors (Lipinski definition) is 2. The van der Waals surface area contributed by atoms with Gasteiger partial charge >= 0.3 is 0 Å². The summed E-state index contributed by atoms with van der Waals surface area (Å²) >= 11 is 0. The Kier molecular flexibility index (Phi) is 5.43.